The first-order chi connectivity index (χ1) is 20.5. The zero-order valence-corrected chi connectivity index (χ0v) is 26.6. The number of aliphatic hydroxyl groups excluding tert-OH is 2. The van der Waals surface area contributed by atoms with Crippen molar-refractivity contribution in [3.63, 3.8) is 0 Å². The Bertz CT molecular complexity index is 1470. The van der Waals surface area contributed by atoms with Gasteiger partial charge in [0.1, 0.15) is 0 Å². The first-order valence-electron chi connectivity index (χ1n) is 14.3. The van der Waals surface area contributed by atoms with Gasteiger partial charge in [-0.2, -0.15) is 0 Å². The molecule has 0 saturated heterocycles. The van der Waals surface area contributed by atoms with Gasteiger partial charge in [0.05, 0.1) is 22.0 Å². The van der Waals surface area contributed by atoms with E-state index in [0.717, 1.165) is 22.3 Å². The molecule has 0 radical (unpaired) electrons. The molecule has 3 unspecified atom stereocenters. The second-order valence-electron chi connectivity index (χ2n) is 11.0. The molecule has 0 aliphatic heterocycles. The molecule has 0 amide bonds. The molecule has 4 aromatic carbocycles. The molecule has 43 heavy (non-hydrogen) atoms. The van der Waals surface area contributed by atoms with Crippen LogP contribution in [0.15, 0.2) is 107 Å². The minimum absolute atomic E-state index is 0.0702. The second-order valence-corrected chi connectivity index (χ2v) is 13.8. The maximum Gasteiger partial charge on any atom is 0.206 e. The quantitative estimate of drug-likeness (QED) is 0.128. The molecular formula is C34H38Cl2N2O4S. The van der Waals surface area contributed by atoms with Crippen molar-refractivity contribution < 1.29 is 18.6 Å². The van der Waals surface area contributed by atoms with Crippen LogP contribution in [0.1, 0.15) is 48.3 Å². The number of sulfone groups is 1. The monoisotopic (exact) mass is 640 g/mol. The smallest absolute Gasteiger partial charge is 0.206 e. The highest BCUT2D eigenvalue weighted by Gasteiger charge is 2.18. The van der Waals surface area contributed by atoms with Crippen LogP contribution in [-0.4, -0.2) is 43.8 Å². The summed E-state index contributed by atoms with van der Waals surface area (Å²) in [6.45, 7) is 4.80. The van der Waals surface area contributed by atoms with E-state index in [1.54, 1.807) is 48.5 Å². The summed E-state index contributed by atoms with van der Waals surface area (Å²) < 4.78 is 26.5. The lowest BCUT2D eigenvalue weighted by molar-refractivity contribution is 0.170. The number of hydrogen-bond acceptors (Lipinski definition) is 6. The molecule has 0 aromatic heterocycles. The Labute approximate surface area is 264 Å². The maximum absolute atomic E-state index is 13.3. The zero-order chi connectivity index (χ0) is 31.0. The summed E-state index contributed by atoms with van der Waals surface area (Å²) in [5, 5.41) is 28.7. The van der Waals surface area contributed by atoms with Crippen molar-refractivity contribution >= 4 is 33.0 Å². The Morgan fingerprint density at radius 1 is 0.628 bits per heavy atom. The average Bonchev–Trinajstić information content (AvgIpc) is 2.99. The van der Waals surface area contributed by atoms with Crippen LogP contribution < -0.4 is 10.6 Å². The fourth-order valence-electron chi connectivity index (χ4n) is 4.89. The molecule has 0 aliphatic carbocycles. The van der Waals surface area contributed by atoms with Crippen LogP contribution in [0, 0.1) is 0 Å². The summed E-state index contributed by atoms with van der Waals surface area (Å²) in [4.78, 5) is 0.483. The van der Waals surface area contributed by atoms with Gasteiger partial charge < -0.3 is 20.8 Å². The number of rotatable bonds is 14. The van der Waals surface area contributed by atoms with Gasteiger partial charge in [0.25, 0.3) is 0 Å². The Morgan fingerprint density at radius 2 is 1.00 bits per heavy atom. The van der Waals surface area contributed by atoms with Crippen molar-refractivity contribution in [1.29, 1.82) is 0 Å². The van der Waals surface area contributed by atoms with Crippen LogP contribution in [0.25, 0.3) is 0 Å². The second kappa shape index (κ2) is 15.3. The molecule has 6 nitrogen and oxygen atoms in total. The summed E-state index contributed by atoms with van der Waals surface area (Å²) in [6.07, 6.45) is 0.0125. The fraction of sp³-hybridized carbons (Fsp3) is 0.294. The minimum atomic E-state index is -3.66. The third-order valence-corrected chi connectivity index (χ3v) is 9.59. The summed E-state index contributed by atoms with van der Waals surface area (Å²) in [6, 6.07) is 28.4. The van der Waals surface area contributed by atoms with Crippen molar-refractivity contribution in [2.24, 2.45) is 0 Å². The number of nitrogens with one attached hydrogen (secondary N) is 2. The molecular weight excluding hydrogens is 603 g/mol. The predicted octanol–water partition coefficient (Wildman–Crippen LogP) is 6.33. The van der Waals surface area contributed by atoms with Crippen molar-refractivity contribution in [2.45, 2.75) is 60.8 Å². The highest BCUT2D eigenvalue weighted by molar-refractivity contribution is 7.91. The van der Waals surface area contributed by atoms with Gasteiger partial charge in [-0.1, -0.05) is 71.7 Å². The van der Waals surface area contributed by atoms with Gasteiger partial charge in [0.2, 0.25) is 9.84 Å². The summed E-state index contributed by atoms with van der Waals surface area (Å²) in [5.41, 5.74) is 3.50. The SMILES string of the molecule is CC(Cc1ccc(S(=O)(=O)c2ccc(CC(C)NC[C@H](O)c3cccc(Cl)c3)cc2)cc1)NCC(O)c1cccc(Cl)c1. The van der Waals surface area contributed by atoms with E-state index >= 15 is 0 Å². The largest absolute Gasteiger partial charge is 0.387 e. The molecule has 0 heterocycles. The first-order valence-corrected chi connectivity index (χ1v) is 16.5. The van der Waals surface area contributed by atoms with Gasteiger partial charge in [-0.05, 0) is 97.5 Å². The number of halogens is 2. The van der Waals surface area contributed by atoms with Gasteiger partial charge in [-0.15, -0.1) is 0 Å². The molecule has 0 saturated carbocycles. The van der Waals surface area contributed by atoms with E-state index in [1.165, 1.54) is 0 Å². The van der Waals surface area contributed by atoms with Crippen molar-refractivity contribution in [1.82, 2.24) is 10.6 Å². The van der Waals surface area contributed by atoms with E-state index in [2.05, 4.69) is 10.6 Å². The molecule has 4 N–H and O–H groups in total. The number of aliphatic hydroxyl groups is 2. The van der Waals surface area contributed by atoms with Gasteiger partial charge in [-0.3, -0.25) is 0 Å². The van der Waals surface area contributed by atoms with Crippen LogP contribution in [0.2, 0.25) is 10.0 Å². The lowest BCUT2D eigenvalue weighted by Gasteiger charge is -2.18. The third-order valence-electron chi connectivity index (χ3n) is 7.34. The van der Waals surface area contributed by atoms with Crippen LogP contribution in [0.5, 0.6) is 0 Å². The fourth-order valence-corrected chi connectivity index (χ4v) is 6.54. The molecule has 0 spiro atoms. The van der Waals surface area contributed by atoms with E-state index in [1.807, 2.05) is 62.4 Å². The van der Waals surface area contributed by atoms with E-state index in [9.17, 15) is 18.6 Å². The van der Waals surface area contributed by atoms with Crippen LogP contribution in [-0.2, 0) is 22.7 Å². The lowest BCUT2D eigenvalue weighted by atomic mass is 10.1. The van der Waals surface area contributed by atoms with Gasteiger partial charge >= 0.3 is 0 Å². The minimum Gasteiger partial charge on any atom is -0.387 e. The van der Waals surface area contributed by atoms with Crippen molar-refractivity contribution in [3.05, 3.63) is 129 Å². The summed E-state index contributed by atoms with van der Waals surface area (Å²) in [5.74, 6) is 0. The molecule has 4 rings (SSSR count). The molecule has 0 bridgehead atoms. The number of benzene rings is 4. The molecule has 0 aliphatic rings. The van der Waals surface area contributed by atoms with Crippen molar-refractivity contribution in [2.75, 3.05) is 13.1 Å². The molecule has 228 valence electrons. The highest BCUT2D eigenvalue weighted by atomic mass is 35.5. The summed E-state index contributed by atoms with van der Waals surface area (Å²) >= 11 is 12.0. The van der Waals surface area contributed by atoms with E-state index in [4.69, 9.17) is 23.2 Å². The summed E-state index contributed by atoms with van der Waals surface area (Å²) in [7, 11) is -3.66. The Balaban J connectivity index is 1.27. The third kappa shape index (κ3) is 9.62. The molecule has 4 aromatic rings. The normalized spacial score (nSPS) is 14.7. The van der Waals surface area contributed by atoms with Crippen LogP contribution in [0.3, 0.4) is 0 Å². The maximum atomic E-state index is 13.3. The van der Waals surface area contributed by atoms with Gasteiger partial charge in [0, 0.05) is 35.2 Å². The van der Waals surface area contributed by atoms with E-state index < -0.39 is 22.0 Å². The Hall–Kier alpha value is -2.75. The molecule has 0 fully saturated rings. The standard InChI is InChI=1S/C34H38Cl2N2O4S/c1-23(37-21-33(39)27-5-3-7-29(35)19-27)17-25-9-13-31(14-10-25)43(41,42)32-15-11-26(12-16-32)18-24(2)38-22-34(40)28-6-4-8-30(36)20-28/h3-16,19-20,23-24,33-34,37-40H,17-18,21-22H2,1-2H3/t23?,24?,33-,34?/m0/s1. The topological polar surface area (TPSA) is 98.7 Å². The molecule has 4 atom stereocenters. The lowest BCUT2D eigenvalue weighted by Crippen LogP contribution is -2.32. The van der Waals surface area contributed by atoms with Crippen LogP contribution >= 0.6 is 23.2 Å². The average molecular weight is 642 g/mol. The molecule has 9 heteroatoms. The Kier molecular flexibility index (Phi) is 11.8. The van der Waals surface area contributed by atoms with Gasteiger partial charge in [0.15, 0.2) is 0 Å². The zero-order valence-electron chi connectivity index (χ0n) is 24.3. The predicted molar refractivity (Wildman–Crippen MR) is 173 cm³/mol. The Morgan fingerprint density at radius 3 is 1.35 bits per heavy atom. The van der Waals surface area contributed by atoms with E-state index in [-0.39, 0.29) is 21.9 Å². The highest BCUT2D eigenvalue weighted by Crippen LogP contribution is 2.23. The number of hydrogen-bond donors (Lipinski definition) is 4. The van der Waals surface area contributed by atoms with E-state index in [0.29, 0.717) is 36.0 Å². The van der Waals surface area contributed by atoms with Crippen molar-refractivity contribution in [3.8, 4) is 0 Å². The van der Waals surface area contributed by atoms with Gasteiger partial charge in [-0.25, -0.2) is 8.42 Å². The van der Waals surface area contributed by atoms with Crippen LogP contribution in [0.4, 0.5) is 0 Å². The first kappa shape index (κ1) is 33.1.